The summed E-state index contributed by atoms with van der Waals surface area (Å²) < 4.78 is 35.2. The molecule has 0 fully saturated rings. The van der Waals surface area contributed by atoms with E-state index >= 15 is 0 Å². The van der Waals surface area contributed by atoms with Crippen LogP contribution in [0.15, 0.2) is 4.99 Å². The molecule has 0 aliphatic carbocycles. The number of guanidine groups is 1. The molecule has 0 saturated carbocycles. The molecule has 84 valence electrons. The summed E-state index contributed by atoms with van der Waals surface area (Å²) in [5.74, 6) is 5.23. The van der Waals surface area contributed by atoms with E-state index in [-0.39, 0.29) is 12.5 Å². The smallest absolute Gasteiger partial charge is 0.355 e. The molecule has 0 aromatic heterocycles. The van der Waals surface area contributed by atoms with Crippen LogP contribution in [-0.4, -0.2) is 25.2 Å². The fraction of sp³-hybridized carbons (Fsp3) is 0.857. The number of hydrogen-bond acceptors (Lipinski definition) is 2. The lowest BCUT2D eigenvalue weighted by molar-refractivity contribution is -0.132. The van der Waals surface area contributed by atoms with Crippen molar-refractivity contribution in [1.29, 1.82) is 0 Å². The molecular weight excluding hydrogens is 197 g/mol. The number of nitrogens with two attached hydrogens (primary N) is 1. The first-order chi connectivity index (χ1) is 6.49. The van der Waals surface area contributed by atoms with Crippen LogP contribution in [0.1, 0.15) is 19.8 Å². The second-order valence-electron chi connectivity index (χ2n) is 2.67. The zero-order chi connectivity index (χ0) is 11.0. The second-order valence-corrected chi connectivity index (χ2v) is 2.67. The third-order valence-electron chi connectivity index (χ3n) is 1.33. The van der Waals surface area contributed by atoms with Crippen LogP contribution in [0.25, 0.3) is 0 Å². The van der Waals surface area contributed by atoms with E-state index in [1.807, 2.05) is 6.92 Å². The van der Waals surface area contributed by atoms with Gasteiger partial charge in [0.05, 0.1) is 6.42 Å². The Bertz CT molecular complexity index is 178. The van der Waals surface area contributed by atoms with Crippen molar-refractivity contribution in [3.8, 4) is 0 Å². The summed E-state index contributed by atoms with van der Waals surface area (Å²) in [5.41, 5.74) is 2.19. The fourth-order valence-electron chi connectivity index (χ4n) is 0.699. The third kappa shape index (κ3) is 7.66. The highest BCUT2D eigenvalue weighted by molar-refractivity contribution is 5.79. The molecule has 0 unspecified atom stereocenters. The number of alkyl halides is 3. The monoisotopic (exact) mass is 212 g/mol. The van der Waals surface area contributed by atoms with E-state index < -0.39 is 12.6 Å². The van der Waals surface area contributed by atoms with Crippen LogP contribution in [0.3, 0.4) is 0 Å². The minimum Gasteiger partial charge on any atom is -0.355 e. The van der Waals surface area contributed by atoms with Crippen molar-refractivity contribution < 1.29 is 13.2 Å². The van der Waals surface area contributed by atoms with Gasteiger partial charge in [0.25, 0.3) is 0 Å². The molecule has 0 aromatic rings. The summed E-state index contributed by atoms with van der Waals surface area (Å²) in [6.07, 6.45) is -4.25. The summed E-state index contributed by atoms with van der Waals surface area (Å²) in [4.78, 5) is 3.88. The number of nitrogens with one attached hydrogen (secondary N) is 2. The molecule has 0 rings (SSSR count). The van der Waals surface area contributed by atoms with E-state index in [0.717, 1.165) is 6.42 Å². The Kier molecular flexibility index (Phi) is 6.02. The maximum atomic E-state index is 11.7. The van der Waals surface area contributed by atoms with Gasteiger partial charge < -0.3 is 5.32 Å². The average molecular weight is 212 g/mol. The number of halogens is 3. The SMILES string of the molecule is CCCN=C(NN)NCCC(F)(F)F. The summed E-state index contributed by atoms with van der Waals surface area (Å²) in [6, 6.07) is 0. The van der Waals surface area contributed by atoms with E-state index in [2.05, 4.69) is 15.7 Å². The van der Waals surface area contributed by atoms with Crippen molar-refractivity contribution in [3.63, 3.8) is 0 Å². The van der Waals surface area contributed by atoms with Crippen LogP contribution < -0.4 is 16.6 Å². The predicted molar refractivity (Wildman–Crippen MR) is 48.6 cm³/mol. The number of aliphatic imine (C=N–C) groups is 1. The van der Waals surface area contributed by atoms with Gasteiger partial charge in [-0.15, -0.1) is 0 Å². The number of nitrogens with zero attached hydrogens (tertiary/aromatic N) is 1. The highest BCUT2D eigenvalue weighted by Crippen LogP contribution is 2.17. The van der Waals surface area contributed by atoms with E-state index in [1.165, 1.54) is 0 Å². The Labute approximate surface area is 80.7 Å². The van der Waals surface area contributed by atoms with Crippen molar-refractivity contribution in [3.05, 3.63) is 0 Å². The highest BCUT2D eigenvalue weighted by Gasteiger charge is 2.26. The zero-order valence-corrected chi connectivity index (χ0v) is 7.99. The molecule has 0 spiro atoms. The standard InChI is InChI=1S/C7H15F3N4/c1-2-4-12-6(14-11)13-5-3-7(8,9)10/h2-5,11H2,1H3,(H2,12,13,14). The van der Waals surface area contributed by atoms with Crippen molar-refractivity contribution in [2.45, 2.75) is 25.9 Å². The van der Waals surface area contributed by atoms with Crippen molar-refractivity contribution in [1.82, 2.24) is 10.7 Å². The molecule has 0 radical (unpaired) electrons. The van der Waals surface area contributed by atoms with Crippen molar-refractivity contribution in [2.24, 2.45) is 10.8 Å². The molecule has 0 heterocycles. The first-order valence-corrected chi connectivity index (χ1v) is 4.31. The van der Waals surface area contributed by atoms with Crippen LogP contribution in [0, 0.1) is 0 Å². The van der Waals surface area contributed by atoms with Gasteiger partial charge in [-0.25, -0.2) is 5.84 Å². The van der Waals surface area contributed by atoms with Gasteiger partial charge in [0.15, 0.2) is 0 Å². The predicted octanol–water partition coefficient (Wildman–Crippen LogP) is 0.758. The molecule has 0 bridgehead atoms. The van der Waals surface area contributed by atoms with Crippen LogP contribution in [0.2, 0.25) is 0 Å². The first kappa shape index (κ1) is 13.0. The molecule has 4 N–H and O–H groups in total. The summed E-state index contributed by atoms with van der Waals surface area (Å²) in [5, 5.41) is 2.45. The van der Waals surface area contributed by atoms with Gasteiger partial charge in [-0.1, -0.05) is 6.92 Å². The van der Waals surface area contributed by atoms with Crippen molar-refractivity contribution >= 4 is 5.96 Å². The topological polar surface area (TPSA) is 62.4 Å². The number of hydrazine groups is 1. The second kappa shape index (κ2) is 6.47. The quantitative estimate of drug-likeness (QED) is 0.279. The maximum absolute atomic E-state index is 11.7. The molecule has 0 atom stereocenters. The molecule has 0 amide bonds. The van der Waals surface area contributed by atoms with E-state index in [1.54, 1.807) is 0 Å². The molecule has 0 saturated heterocycles. The summed E-state index contributed by atoms with van der Waals surface area (Å²) in [7, 11) is 0. The summed E-state index contributed by atoms with van der Waals surface area (Å²) in [6.45, 7) is 2.21. The zero-order valence-electron chi connectivity index (χ0n) is 7.99. The average Bonchev–Trinajstić information content (AvgIpc) is 2.09. The van der Waals surface area contributed by atoms with E-state index in [4.69, 9.17) is 5.84 Å². The molecule has 0 aromatic carbocycles. The normalized spacial score (nSPS) is 12.8. The largest absolute Gasteiger partial charge is 0.390 e. The number of rotatable bonds is 4. The van der Waals surface area contributed by atoms with Crippen molar-refractivity contribution in [2.75, 3.05) is 13.1 Å². The minimum absolute atomic E-state index is 0.191. The maximum Gasteiger partial charge on any atom is 0.390 e. The summed E-state index contributed by atoms with van der Waals surface area (Å²) >= 11 is 0. The van der Waals surface area contributed by atoms with Crippen LogP contribution in [-0.2, 0) is 0 Å². The van der Waals surface area contributed by atoms with Gasteiger partial charge in [-0.2, -0.15) is 13.2 Å². The van der Waals surface area contributed by atoms with Gasteiger partial charge in [-0.3, -0.25) is 10.4 Å². The molecule has 7 heteroatoms. The Morgan fingerprint density at radius 1 is 1.43 bits per heavy atom. The fourth-order valence-corrected chi connectivity index (χ4v) is 0.699. The lowest BCUT2D eigenvalue weighted by Crippen LogP contribution is -2.42. The van der Waals surface area contributed by atoms with Gasteiger partial charge in [0, 0.05) is 13.1 Å². The third-order valence-corrected chi connectivity index (χ3v) is 1.33. The Morgan fingerprint density at radius 2 is 2.07 bits per heavy atom. The van der Waals surface area contributed by atoms with Gasteiger partial charge in [0.1, 0.15) is 0 Å². The molecular formula is C7H15F3N4. The number of hydrogen-bond donors (Lipinski definition) is 3. The van der Waals surface area contributed by atoms with Crippen LogP contribution in [0.5, 0.6) is 0 Å². The van der Waals surface area contributed by atoms with Gasteiger partial charge in [0.2, 0.25) is 5.96 Å². The molecule has 0 aliphatic rings. The molecule has 4 nitrogen and oxygen atoms in total. The van der Waals surface area contributed by atoms with Crippen LogP contribution in [0.4, 0.5) is 13.2 Å². The van der Waals surface area contributed by atoms with E-state index in [9.17, 15) is 13.2 Å². The molecule has 0 aliphatic heterocycles. The highest BCUT2D eigenvalue weighted by atomic mass is 19.4. The minimum atomic E-state index is -4.16. The Balaban J connectivity index is 3.73. The lowest BCUT2D eigenvalue weighted by atomic mass is 10.4. The Hall–Kier alpha value is -0.980. The van der Waals surface area contributed by atoms with Gasteiger partial charge in [-0.05, 0) is 6.42 Å². The van der Waals surface area contributed by atoms with E-state index in [0.29, 0.717) is 6.54 Å². The van der Waals surface area contributed by atoms with Gasteiger partial charge >= 0.3 is 6.18 Å². The molecule has 14 heavy (non-hydrogen) atoms. The first-order valence-electron chi connectivity index (χ1n) is 4.31. The van der Waals surface area contributed by atoms with Crippen LogP contribution >= 0.6 is 0 Å². The Morgan fingerprint density at radius 3 is 2.50 bits per heavy atom. The lowest BCUT2D eigenvalue weighted by Gasteiger charge is -2.10.